The Balaban J connectivity index is 2.23. The molecule has 0 aliphatic heterocycles. The fourth-order valence-electron chi connectivity index (χ4n) is 2.70. The van der Waals surface area contributed by atoms with E-state index < -0.39 is 34.8 Å². The van der Waals surface area contributed by atoms with Crippen LogP contribution in [-0.2, 0) is 17.5 Å². The maximum Gasteiger partial charge on any atom is 0.417 e. The standard InChI is InChI=1S/C19H20ClF3N2O2/c1-12(2)8-16(13-6-4-3-5-7-13)24-17(26)11-25-10-14(19(21,22)23)9-15(20)18(25)27/h3-7,9-10,12,16H,8,11H2,1-2H3,(H,24,26)/t16-/m1/s1. The summed E-state index contributed by atoms with van der Waals surface area (Å²) in [5, 5.41) is 2.21. The van der Waals surface area contributed by atoms with Gasteiger partial charge in [0, 0.05) is 6.20 Å². The summed E-state index contributed by atoms with van der Waals surface area (Å²) in [4.78, 5) is 24.4. The predicted octanol–water partition coefficient (Wildman–Crippen LogP) is 4.42. The van der Waals surface area contributed by atoms with Crippen molar-refractivity contribution in [1.29, 1.82) is 0 Å². The quantitative estimate of drug-likeness (QED) is 0.780. The van der Waals surface area contributed by atoms with Crippen molar-refractivity contribution in [3.63, 3.8) is 0 Å². The smallest absolute Gasteiger partial charge is 0.348 e. The van der Waals surface area contributed by atoms with Crippen LogP contribution in [0.1, 0.15) is 37.4 Å². The Bertz CT molecular complexity index is 848. The van der Waals surface area contributed by atoms with Gasteiger partial charge in [-0.1, -0.05) is 55.8 Å². The Morgan fingerprint density at radius 1 is 1.22 bits per heavy atom. The molecule has 0 saturated carbocycles. The van der Waals surface area contributed by atoms with E-state index in [0.29, 0.717) is 23.3 Å². The number of nitrogens with one attached hydrogen (secondary N) is 1. The fraction of sp³-hybridized carbons (Fsp3) is 0.368. The predicted molar refractivity (Wildman–Crippen MR) is 97.5 cm³/mol. The summed E-state index contributed by atoms with van der Waals surface area (Å²) in [6, 6.07) is 9.50. The van der Waals surface area contributed by atoms with Gasteiger partial charge in [0.2, 0.25) is 5.91 Å². The molecular weight excluding hydrogens is 381 g/mol. The molecule has 146 valence electrons. The van der Waals surface area contributed by atoms with Crippen molar-refractivity contribution >= 4 is 17.5 Å². The number of aromatic nitrogens is 1. The van der Waals surface area contributed by atoms with Crippen LogP contribution in [0, 0.1) is 5.92 Å². The monoisotopic (exact) mass is 400 g/mol. The minimum absolute atomic E-state index is 0.279. The number of hydrogen-bond donors (Lipinski definition) is 1. The van der Waals surface area contributed by atoms with Gasteiger partial charge < -0.3 is 9.88 Å². The highest BCUT2D eigenvalue weighted by molar-refractivity contribution is 6.30. The van der Waals surface area contributed by atoms with Crippen molar-refractivity contribution in [2.24, 2.45) is 5.92 Å². The highest BCUT2D eigenvalue weighted by Crippen LogP contribution is 2.29. The van der Waals surface area contributed by atoms with Gasteiger partial charge in [0.25, 0.3) is 5.56 Å². The van der Waals surface area contributed by atoms with Gasteiger partial charge in [-0.2, -0.15) is 13.2 Å². The zero-order chi connectivity index (χ0) is 20.2. The van der Waals surface area contributed by atoms with Crippen LogP contribution in [0.5, 0.6) is 0 Å². The molecule has 1 atom stereocenters. The normalized spacial score (nSPS) is 12.9. The third-order valence-electron chi connectivity index (χ3n) is 3.93. The van der Waals surface area contributed by atoms with E-state index in [4.69, 9.17) is 11.6 Å². The van der Waals surface area contributed by atoms with Crippen molar-refractivity contribution in [3.05, 3.63) is 69.1 Å². The summed E-state index contributed by atoms with van der Waals surface area (Å²) in [7, 11) is 0. The molecule has 0 fully saturated rings. The first-order valence-electron chi connectivity index (χ1n) is 8.39. The van der Waals surface area contributed by atoms with Crippen molar-refractivity contribution in [3.8, 4) is 0 Å². The topological polar surface area (TPSA) is 51.1 Å². The van der Waals surface area contributed by atoms with E-state index in [1.165, 1.54) is 0 Å². The van der Waals surface area contributed by atoms with Gasteiger partial charge in [0.1, 0.15) is 11.6 Å². The summed E-state index contributed by atoms with van der Waals surface area (Å²) in [6.45, 7) is 3.45. The van der Waals surface area contributed by atoms with Crippen molar-refractivity contribution < 1.29 is 18.0 Å². The van der Waals surface area contributed by atoms with Gasteiger partial charge in [-0.25, -0.2) is 0 Å². The number of hydrogen-bond acceptors (Lipinski definition) is 2. The van der Waals surface area contributed by atoms with Crippen LogP contribution < -0.4 is 10.9 Å². The maximum absolute atomic E-state index is 12.9. The lowest BCUT2D eigenvalue weighted by atomic mass is 9.97. The first kappa shape index (κ1) is 21.0. The number of carbonyl (C=O) groups excluding carboxylic acids is 1. The number of halogens is 4. The van der Waals surface area contributed by atoms with E-state index >= 15 is 0 Å². The van der Waals surface area contributed by atoms with Crippen LogP contribution in [0.25, 0.3) is 0 Å². The van der Waals surface area contributed by atoms with Crippen molar-refractivity contribution in [1.82, 2.24) is 9.88 Å². The van der Waals surface area contributed by atoms with E-state index in [1.54, 1.807) is 0 Å². The largest absolute Gasteiger partial charge is 0.417 e. The Kier molecular flexibility index (Phi) is 6.70. The van der Waals surface area contributed by atoms with Crippen LogP contribution >= 0.6 is 11.6 Å². The average Bonchev–Trinajstić information content (AvgIpc) is 2.57. The molecule has 1 heterocycles. The third kappa shape index (κ3) is 5.85. The summed E-state index contributed by atoms with van der Waals surface area (Å²) in [6.07, 6.45) is -3.42. The number of alkyl halides is 3. The van der Waals surface area contributed by atoms with Crippen LogP contribution in [0.3, 0.4) is 0 Å². The van der Waals surface area contributed by atoms with Gasteiger partial charge in [-0.05, 0) is 24.0 Å². The minimum atomic E-state index is -4.67. The molecule has 0 unspecified atom stereocenters. The van der Waals surface area contributed by atoms with E-state index in [-0.39, 0.29) is 12.0 Å². The molecule has 2 rings (SSSR count). The van der Waals surface area contributed by atoms with Crippen LogP contribution in [0.2, 0.25) is 5.02 Å². The van der Waals surface area contributed by atoms with Crippen molar-refractivity contribution in [2.45, 2.75) is 39.0 Å². The van der Waals surface area contributed by atoms with E-state index in [0.717, 1.165) is 5.56 Å². The molecule has 1 amide bonds. The zero-order valence-corrected chi connectivity index (χ0v) is 15.6. The number of carbonyl (C=O) groups is 1. The molecule has 1 aromatic heterocycles. The molecule has 2 aromatic rings. The van der Waals surface area contributed by atoms with Crippen LogP contribution in [0.15, 0.2) is 47.4 Å². The zero-order valence-electron chi connectivity index (χ0n) is 14.9. The number of pyridine rings is 1. The molecule has 0 bridgehead atoms. The summed E-state index contributed by atoms with van der Waals surface area (Å²) in [5.74, 6) is -0.289. The van der Waals surface area contributed by atoms with Crippen LogP contribution in [0.4, 0.5) is 13.2 Å². The molecule has 0 aliphatic rings. The van der Waals surface area contributed by atoms with Crippen LogP contribution in [-0.4, -0.2) is 10.5 Å². The fourth-order valence-corrected chi connectivity index (χ4v) is 2.93. The molecule has 0 saturated heterocycles. The molecule has 4 nitrogen and oxygen atoms in total. The Morgan fingerprint density at radius 3 is 2.41 bits per heavy atom. The first-order chi connectivity index (χ1) is 12.6. The second-order valence-electron chi connectivity index (χ2n) is 6.67. The summed E-state index contributed by atoms with van der Waals surface area (Å²) in [5.41, 5.74) is -1.05. The van der Waals surface area contributed by atoms with E-state index in [1.807, 2.05) is 44.2 Å². The molecule has 0 aliphatic carbocycles. The molecule has 27 heavy (non-hydrogen) atoms. The lowest BCUT2D eigenvalue weighted by Crippen LogP contribution is -2.35. The Hall–Kier alpha value is -2.28. The second kappa shape index (κ2) is 8.61. The first-order valence-corrected chi connectivity index (χ1v) is 8.77. The Morgan fingerprint density at radius 2 is 1.85 bits per heavy atom. The minimum Gasteiger partial charge on any atom is -0.348 e. The summed E-state index contributed by atoms with van der Waals surface area (Å²) >= 11 is 5.61. The molecule has 0 spiro atoms. The number of benzene rings is 1. The van der Waals surface area contributed by atoms with E-state index in [9.17, 15) is 22.8 Å². The molecule has 1 N–H and O–H groups in total. The van der Waals surface area contributed by atoms with Gasteiger partial charge in [-0.3, -0.25) is 9.59 Å². The molecule has 0 radical (unpaired) electrons. The van der Waals surface area contributed by atoms with Crippen molar-refractivity contribution in [2.75, 3.05) is 0 Å². The number of rotatable bonds is 6. The van der Waals surface area contributed by atoms with Gasteiger partial charge >= 0.3 is 6.18 Å². The summed E-state index contributed by atoms with van der Waals surface area (Å²) < 4.78 is 39.4. The third-order valence-corrected chi connectivity index (χ3v) is 4.20. The Labute approximate surface area is 160 Å². The van der Waals surface area contributed by atoms with Gasteiger partial charge in [0.15, 0.2) is 0 Å². The molecular formula is C19H20ClF3N2O2. The number of amides is 1. The van der Waals surface area contributed by atoms with Gasteiger partial charge in [-0.15, -0.1) is 0 Å². The highest BCUT2D eigenvalue weighted by Gasteiger charge is 2.32. The molecule has 1 aromatic carbocycles. The SMILES string of the molecule is CC(C)C[C@@H](NC(=O)Cn1cc(C(F)(F)F)cc(Cl)c1=O)c1ccccc1. The lowest BCUT2D eigenvalue weighted by molar-refractivity contribution is -0.138. The average molecular weight is 401 g/mol. The van der Waals surface area contributed by atoms with Gasteiger partial charge in [0.05, 0.1) is 11.6 Å². The highest BCUT2D eigenvalue weighted by atomic mass is 35.5. The second-order valence-corrected chi connectivity index (χ2v) is 7.08. The maximum atomic E-state index is 12.9. The number of nitrogens with zero attached hydrogens (tertiary/aromatic N) is 1. The molecule has 8 heteroatoms. The lowest BCUT2D eigenvalue weighted by Gasteiger charge is -2.21. The van der Waals surface area contributed by atoms with E-state index in [2.05, 4.69) is 5.32 Å².